The van der Waals surface area contributed by atoms with Gasteiger partial charge in [0.1, 0.15) is 5.82 Å². The van der Waals surface area contributed by atoms with Gasteiger partial charge >= 0.3 is 0 Å². The molecule has 0 atom stereocenters. The molecule has 0 unspecified atom stereocenters. The molecule has 0 radical (unpaired) electrons. The van der Waals surface area contributed by atoms with E-state index in [2.05, 4.69) is 20.7 Å². The van der Waals surface area contributed by atoms with Gasteiger partial charge in [0.25, 0.3) is 0 Å². The van der Waals surface area contributed by atoms with E-state index >= 15 is 0 Å². The monoisotopic (exact) mass is 404 g/mol. The summed E-state index contributed by atoms with van der Waals surface area (Å²) in [6.45, 7) is 7.36. The van der Waals surface area contributed by atoms with E-state index in [1.54, 1.807) is 12.1 Å². The van der Waals surface area contributed by atoms with Gasteiger partial charge in [-0.25, -0.2) is 14.1 Å². The van der Waals surface area contributed by atoms with Crippen LogP contribution in [0.5, 0.6) is 0 Å². The number of hydrogen-bond donors (Lipinski definition) is 2. The fourth-order valence-electron chi connectivity index (χ4n) is 3.17. The second-order valence-electron chi connectivity index (χ2n) is 6.93. The maximum Gasteiger partial charge on any atom is 0.191 e. The average Bonchev–Trinajstić information content (AvgIpc) is 3.08. The lowest BCUT2D eigenvalue weighted by atomic mass is 10.1. The molecule has 1 heterocycles. The number of guanidine groups is 1. The van der Waals surface area contributed by atoms with Crippen molar-refractivity contribution >= 4 is 5.96 Å². The highest BCUT2D eigenvalue weighted by Crippen LogP contribution is 2.18. The van der Waals surface area contributed by atoms with Crippen molar-refractivity contribution in [1.29, 1.82) is 5.26 Å². The van der Waals surface area contributed by atoms with E-state index in [-0.39, 0.29) is 6.54 Å². The van der Waals surface area contributed by atoms with Crippen molar-refractivity contribution in [3.05, 3.63) is 82.4 Å². The number of aryl methyl sites for hydroxylation is 2. The lowest BCUT2D eigenvalue weighted by Gasteiger charge is -2.13. The normalized spacial score (nSPS) is 11.2. The van der Waals surface area contributed by atoms with E-state index < -0.39 is 5.82 Å². The molecule has 0 saturated heterocycles. The zero-order valence-electron chi connectivity index (χ0n) is 17.4. The van der Waals surface area contributed by atoms with Crippen molar-refractivity contribution < 1.29 is 4.39 Å². The summed E-state index contributed by atoms with van der Waals surface area (Å²) >= 11 is 0. The number of nitrogens with zero attached hydrogens (tertiary/aromatic N) is 4. The third kappa shape index (κ3) is 5.03. The van der Waals surface area contributed by atoms with E-state index in [4.69, 9.17) is 5.26 Å². The number of halogens is 1. The van der Waals surface area contributed by atoms with Gasteiger partial charge in [0.05, 0.1) is 29.6 Å². The number of benzene rings is 2. The molecular formula is C23H25FN6. The minimum Gasteiger partial charge on any atom is -0.357 e. The maximum atomic E-state index is 14.1. The van der Waals surface area contributed by atoms with Crippen LogP contribution in [0.2, 0.25) is 0 Å². The Morgan fingerprint density at radius 3 is 2.60 bits per heavy atom. The Hall–Kier alpha value is -3.66. The van der Waals surface area contributed by atoms with Gasteiger partial charge in [0, 0.05) is 24.3 Å². The lowest BCUT2D eigenvalue weighted by molar-refractivity contribution is 0.604. The second kappa shape index (κ2) is 9.70. The van der Waals surface area contributed by atoms with E-state index in [1.165, 1.54) is 6.07 Å². The number of rotatable bonds is 6. The van der Waals surface area contributed by atoms with Crippen LogP contribution in [0.1, 0.15) is 35.0 Å². The van der Waals surface area contributed by atoms with Crippen LogP contribution in [0, 0.1) is 31.0 Å². The fourth-order valence-corrected chi connectivity index (χ4v) is 3.17. The molecule has 0 spiro atoms. The Balaban J connectivity index is 1.77. The van der Waals surface area contributed by atoms with Gasteiger partial charge in [-0.2, -0.15) is 10.4 Å². The molecule has 0 aliphatic carbocycles. The number of hydrogen-bond acceptors (Lipinski definition) is 3. The van der Waals surface area contributed by atoms with E-state index in [0.717, 1.165) is 22.6 Å². The highest BCUT2D eigenvalue weighted by Gasteiger charge is 2.09. The second-order valence-corrected chi connectivity index (χ2v) is 6.93. The van der Waals surface area contributed by atoms with Crippen molar-refractivity contribution in [2.75, 3.05) is 6.54 Å². The molecule has 0 aliphatic rings. The molecule has 3 rings (SSSR count). The molecule has 2 N–H and O–H groups in total. The third-order valence-corrected chi connectivity index (χ3v) is 4.61. The molecule has 0 fully saturated rings. The lowest BCUT2D eigenvalue weighted by Crippen LogP contribution is -2.37. The molecule has 6 nitrogen and oxygen atoms in total. The summed E-state index contributed by atoms with van der Waals surface area (Å²) in [5.41, 5.74) is 4.82. The third-order valence-electron chi connectivity index (χ3n) is 4.61. The predicted molar refractivity (Wildman–Crippen MR) is 116 cm³/mol. The average molecular weight is 404 g/mol. The molecule has 7 heteroatoms. The van der Waals surface area contributed by atoms with Crippen molar-refractivity contribution in [1.82, 2.24) is 20.4 Å². The maximum absolute atomic E-state index is 14.1. The van der Waals surface area contributed by atoms with Crippen LogP contribution < -0.4 is 10.6 Å². The van der Waals surface area contributed by atoms with Crippen molar-refractivity contribution in [3.8, 4) is 11.8 Å². The van der Waals surface area contributed by atoms with Crippen LogP contribution in [0.15, 0.2) is 53.5 Å². The smallest absolute Gasteiger partial charge is 0.191 e. The zero-order chi connectivity index (χ0) is 21.5. The largest absolute Gasteiger partial charge is 0.357 e. The van der Waals surface area contributed by atoms with Crippen LogP contribution >= 0.6 is 0 Å². The molecule has 2 aromatic carbocycles. The van der Waals surface area contributed by atoms with Gasteiger partial charge in [0.2, 0.25) is 0 Å². The minimum absolute atomic E-state index is 0.266. The standard InChI is InChI=1S/C23H25FN6/c1-4-26-23(27-14-19-10-9-18(13-25)12-21(19)24)28-15-20-7-5-6-8-22(20)30-17(3)11-16(2)29-30/h5-12H,4,14-15H2,1-3H3,(H2,26,27,28). The van der Waals surface area contributed by atoms with E-state index in [1.807, 2.05) is 61.9 Å². The Bertz CT molecular complexity index is 1090. The zero-order valence-corrected chi connectivity index (χ0v) is 17.4. The molecular weight excluding hydrogens is 379 g/mol. The molecule has 0 saturated carbocycles. The van der Waals surface area contributed by atoms with Crippen LogP contribution in [0.25, 0.3) is 5.69 Å². The van der Waals surface area contributed by atoms with Crippen LogP contribution in [0.3, 0.4) is 0 Å². The van der Waals surface area contributed by atoms with Crippen molar-refractivity contribution in [2.24, 2.45) is 4.99 Å². The van der Waals surface area contributed by atoms with Gasteiger partial charge in [-0.15, -0.1) is 0 Å². The van der Waals surface area contributed by atoms with Crippen LogP contribution in [-0.4, -0.2) is 22.3 Å². The summed E-state index contributed by atoms with van der Waals surface area (Å²) in [6.07, 6.45) is 0. The van der Waals surface area contributed by atoms with Gasteiger partial charge < -0.3 is 10.6 Å². The minimum atomic E-state index is -0.410. The first-order valence-corrected chi connectivity index (χ1v) is 9.84. The Labute approximate surface area is 176 Å². The number of aromatic nitrogens is 2. The van der Waals surface area contributed by atoms with Crippen molar-refractivity contribution in [2.45, 2.75) is 33.9 Å². The summed E-state index contributed by atoms with van der Waals surface area (Å²) in [4.78, 5) is 4.66. The number of nitrogens with one attached hydrogen (secondary N) is 2. The van der Waals surface area contributed by atoms with Crippen LogP contribution in [0.4, 0.5) is 4.39 Å². The number of aliphatic imine (C=N–C) groups is 1. The molecule has 3 aromatic rings. The number of para-hydroxylation sites is 1. The first-order valence-electron chi connectivity index (χ1n) is 9.84. The quantitative estimate of drug-likeness (QED) is 0.484. The summed E-state index contributed by atoms with van der Waals surface area (Å²) in [5, 5.41) is 19.8. The first-order chi connectivity index (χ1) is 14.5. The molecule has 0 bridgehead atoms. The van der Waals surface area contributed by atoms with Crippen molar-refractivity contribution in [3.63, 3.8) is 0 Å². The Kier molecular flexibility index (Phi) is 6.81. The van der Waals surface area contributed by atoms with Gasteiger partial charge in [-0.1, -0.05) is 24.3 Å². The fraction of sp³-hybridized carbons (Fsp3) is 0.261. The Morgan fingerprint density at radius 1 is 1.13 bits per heavy atom. The van der Waals surface area contributed by atoms with E-state index in [0.29, 0.717) is 30.2 Å². The topological polar surface area (TPSA) is 78.0 Å². The van der Waals surface area contributed by atoms with E-state index in [9.17, 15) is 4.39 Å². The molecule has 0 aliphatic heterocycles. The molecule has 154 valence electrons. The van der Waals surface area contributed by atoms with Crippen LogP contribution in [-0.2, 0) is 13.1 Å². The highest BCUT2D eigenvalue weighted by molar-refractivity contribution is 5.79. The SMILES string of the molecule is CCNC(=NCc1ccccc1-n1nc(C)cc1C)NCc1ccc(C#N)cc1F. The van der Waals surface area contributed by atoms with Gasteiger partial charge in [0.15, 0.2) is 5.96 Å². The van der Waals surface area contributed by atoms with Gasteiger partial charge in [-0.05, 0) is 50.6 Å². The summed E-state index contributed by atoms with van der Waals surface area (Å²) < 4.78 is 16.1. The summed E-state index contributed by atoms with van der Waals surface area (Å²) in [5.74, 6) is 0.178. The van der Waals surface area contributed by atoms with Gasteiger partial charge in [-0.3, -0.25) is 0 Å². The first kappa shape index (κ1) is 21.1. The summed E-state index contributed by atoms with van der Waals surface area (Å²) in [6, 6.07) is 16.5. The Morgan fingerprint density at radius 2 is 1.93 bits per heavy atom. The highest BCUT2D eigenvalue weighted by atomic mass is 19.1. The molecule has 30 heavy (non-hydrogen) atoms. The molecule has 0 amide bonds. The summed E-state index contributed by atoms with van der Waals surface area (Å²) in [7, 11) is 0. The number of nitriles is 1. The predicted octanol–water partition coefficient (Wildman–Crippen LogP) is 3.76. The molecule has 1 aromatic heterocycles.